The Morgan fingerprint density at radius 3 is 2.67 bits per heavy atom. The van der Waals surface area contributed by atoms with E-state index in [0.717, 1.165) is 12.2 Å². The lowest BCUT2D eigenvalue weighted by Crippen LogP contribution is -2.45. The highest BCUT2D eigenvalue weighted by atomic mass is 15.3. The van der Waals surface area contributed by atoms with Crippen molar-refractivity contribution in [2.45, 2.75) is 45.7 Å². The van der Waals surface area contributed by atoms with Gasteiger partial charge in [-0.15, -0.1) is 0 Å². The Morgan fingerprint density at radius 2 is 2.17 bits per heavy atom. The van der Waals surface area contributed by atoms with Gasteiger partial charge in [-0.25, -0.2) is 0 Å². The highest BCUT2D eigenvalue weighted by Crippen LogP contribution is 2.27. The Morgan fingerprint density at radius 1 is 1.44 bits per heavy atom. The molecular formula is C14H26N4. The van der Waals surface area contributed by atoms with Crippen LogP contribution in [0.15, 0.2) is 0 Å². The maximum atomic E-state index is 4.53. The summed E-state index contributed by atoms with van der Waals surface area (Å²) in [6, 6.07) is 1.08. The van der Waals surface area contributed by atoms with Gasteiger partial charge in [0.05, 0.1) is 5.69 Å². The van der Waals surface area contributed by atoms with Crippen LogP contribution in [-0.4, -0.2) is 40.9 Å². The molecule has 1 aromatic rings. The van der Waals surface area contributed by atoms with Gasteiger partial charge in [-0.05, 0) is 47.2 Å². The molecule has 1 fully saturated rings. The predicted octanol–water partition coefficient (Wildman–Crippen LogP) is 1.78. The van der Waals surface area contributed by atoms with Gasteiger partial charge in [-0.2, -0.15) is 5.10 Å². The molecule has 1 aliphatic rings. The van der Waals surface area contributed by atoms with Gasteiger partial charge in [0.25, 0.3) is 0 Å². The quantitative estimate of drug-likeness (QED) is 0.888. The SMILES string of the molecule is Cc1nn(C)c(C)c1C(C)N(C)C1CCCNC1. The molecule has 1 N–H and O–H groups in total. The van der Waals surface area contributed by atoms with E-state index in [-0.39, 0.29) is 0 Å². The summed E-state index contributed by atoms with van der Waals surface area (Å²) in [7, 11) is 4.27. The third kappa shape index (κ3) is 2.45. The molecule has 2 rings (SSSR count). The molecule has 1 saturated heterocycles. The molecule has 0 radical (unpaired) electrons. The standard InChI is InChI=1S/C14H26N4/c1-10-14(12(3)18(5)16-10)11(2)17(4)13-7-6-8-15-9-13/h11,13,15H,6-9H2,1-5H3. The first-order valence-corrected chi connectivity index (χ1v) is 6.95. The van der Waals surface area contributed by atoms with Crippen LogP contribution in [0.2, 0.25) is 0 Å². The van der Waals surface area contributed by atoms with Gasteiger partial charge in [0.2, 0.25) is 0 Å². The fourth-order valence-corrected chi connectivity index (χ4v) is 3.10. The molecule has 1 aliphatic heterocycles. The Hall–Kier alpha value is -0.870. The maximum absolute atomic E-state index is 4.53. The molecule has 4 heteroatoms. The van der Waals surface area contributed by atoms with E-state index in [1.807, 2.05) is 11.7 Å². The second kappa shape index (κ2) is 5.41. The molecule has 4 nitrogen and oxygen atoms in total. The van der Waals surface area contributed by atoms with Crippen LogP contribution in [0.25, 0.3) is 0 Å². The minimum Gasteiger partial charge on any atom is -0.315 e. The first-order valence-electron chi connectivity index (χ1n) is 6.95. The van der Waals surface area contributed by atoms with Crippen LogP contribution in [0.4, 0.5) is 0 Å². The van der Waals surface area contributed by atoms with Crippen molar-refractivity contribution in [2.75, 3.05) is 20.1 Å². The summed E-state index contributed by atoms with van der Waals surface area (Å²) in [6.07, 6.45) is 2.58. The summed E-state index contributed by atoms with van der Waals surface area (Å²) in [5.74, 6) is 0. The number of likely N-dealkylation sites (N-methyl/N-ethyl adjacent to an activating group) is 1. The minimum atomic E-state index is 0.434. The number of hydrogen-bond donors (Lipinski definition) is 1. The fraction of sp³-hybridized carbons (Fsp3) is 0.786. The number of nitrogens with zero attached hydrogens (tertiary/aromatic N) is 3. The normalized spacial score (nSPS) is 22.4. The Bertz CT molecular complexity index is 404. The largest absolute Gasteiger partial charge is 0.315 e. The fourth-order valence-electron chi connectivity index (χ4n) is 3.10. The van der Waals surface area contributed by atoms with Crippen LogP contribution < -0.4 is 5.32 Å². The molecule has 0 aromatic carbocycles. The monoisotopic (exact) mass is 250 g/mol. The maximum Gasteiger partial charge on any atom is 0.0644 e. The lowest BCUT2D eigenvalue weighted by molar-refractivity contribution is 0.155. The molecular weight excluding hydrogens is 224 g/mol. The number of piperidine rings is 1. The van der Waals surface area contributed by atoms with E-state index in [9.17, 15) is 0 Å². The van der Waals surface area contributed by atoms with Crippen molar-refractivity contribution >= 4 is 0 Å². The molecule has 2 atom stereocenters. The van der Waals surface area contributed by atoms with Crippen molar-refractivity contribution in [2.24, 2.45) is 7.05 Å². The zero-order valence-corrected chi connectivity index (χ0v) is 12.3. The molecule has 102 valence electrons. The van der Waals surface area contributed by atoms with E-state index in [1.165, 1.54) is 30.6 Å². The lowest BCUT2D eigenvalue weighted by Gasteiger charge is -2.36. The van der Waals surface area contributed by atoms with Gasteiger partial charge in [-0.3, -0.25) is 9.58 Å². The predicted molar refractivity (Wildman–Crippen MR) is 74.8 cm³/mol. The molecule has 0 amide bonds. The van der Waals surface area contributed by atoms with Gasteiger partial charge < -0.3 is 5.32 Å². The number of aryl methyl sites for hydroxylation is 2. The van der Waals surface area contributed by atoms with Crippen molar-refractivity contribution in [3.8, 4) is 0 Å². The zero-order valence-electron chi connectivity index (χ0n) is 12.3. The highest BCUT2D eigenvalue weighted by molar-refractivity contribution is 5.27. The van der Waals surface area contributed by atoms with Gasteiger partial charge >= 0.3 is 0 Å². The Labute approximate surface area is 110 Å². The van der Waals surface area contributed by atoms with E-state index in [0.29, 0.717) is 12.1 Å². The zero-order chi connectivity index (χ0) is 13.3. The number of hydrogen-bond acceptors (Lipinski definition) is 3. The van der Waals surface area contributed by atoms with Crippen LogP contribution >= 0.6 is 0 Å². The second-order valence-corrected chi connectivity index (χ2v) is 5.55. The summed E-state index contributed by atoms with van der Waals surface area (Å²) in [4.78, 5) is 2.50. The Kier molecular flexibility index (Phi) is 4.07. The van der Waals surface area contributed by atoms with Crippen LogP contribution in [-0.2, 0) is 7.05 Å². The van der Waals surface area contributed by atoms with Crippen molar-refractivity contribution < 1.29 is 0 Å². The smallest absolute Gasteiger partial charge is 0.0644 e. The third-order valence-corrected chi connectivity index (χ3v) is 4.44. The van der Waals surface area contributed by atoms with Crippen molar-refractivity contribution in [1.29, 1.82) is 0 Å². The van der Waals surface area contributed by atoms with Crippen molar-refractivity contribution in [1.82, 2.24) is 20.0 Å². The molecule has 0 saturated carbocycles. The first-order chi connectivity index (χ1) is 8.52. The van der Waals surface area contributed by atoms with E-state index in [1.54, 1.807) is 0 Å². The average Bonchev–Trinajstić information content (AvgIpc) is 2.63. The molecule has 1 aromatic heterocycles. The third-order valence-electron chi connectivity index (χ3n) is 4.44. The van der Waals surface area contributed by atoms with Crippen LogP contribution in [0.1, 0.15) is 42.8 Å². The van der Waals surface area contributed by atoms with Crippen molar-refractivity contribution in [3.05, 3.63) is 17.0 Å². The molecule has 0 spiro atoms. The highest BCUT2D eigenvalue weighted by Gasteiger charge is 2.26. The number of aromatic nitrogens is 2. The van der Waals surface area contributed by atoms with Gasteiger partial charge in [0.1, 0.15) is 0 Å². The van der Waals surface area contributed by atoms with Crippen LogP contribution in [0, 0.1) is 13.8 Å². The van der Waals surface area contributed by atoms with E-state index in [2.05, 4.69) is 43.1 Å². The molecule has 2 heterocycles. The van der Waals surface area contributed by atoms with E-state index in [4.69, 9.17) is 0 Å². The number of rotatable bonds is 3. The number of nitrogens with one attached hydrogen (secondary N) is 1. The molecule has 0 aliphatic carbocycles. The molecule has 2 unspecified atom stereocenters. The Balaban J connectivity index is 2.16. The summed E-state index contributed by atoms with van der Waals surface area (Å²) in [5, 5.41) is 8.03. The summed E-state index contributed by atoms with van der Waals surface area (Å²) in [5.41, 5.74) is 3.85. The van der Waals surface area contributed by atoms with Gasteiger partial charge in [0.15, 0.2) is 0 Å². The van der Waals surface area contributed by atoms with E-state index < -0.39 is 0 Å². The lowest BCUT2D eigenvalue weighted by atomic mass is 10.00. The van der Waals surface area contributed by atoms with Crippen molar-refractivity contribution in [3.63, 3.8) is 0 Å². The molecule has 18 heavy (non-hydrogen) atoms. The van der Waals surface area contributed by atoms with Gasteiger partial charge in [0, 0.05) is 36.9 Å². The van der Waals surface area contributed by atoms with Gasteiger partial charge in [-0.1, -0.05) is 0 Å². The molecule has 0 bridgehead atoms. The summed E-state index contributed by atoms with van der Waals surface area (Å²) in [6.45, 7) is 8.86. The average molecular weight is 250 g/mol. The first kappa shape index (κ1) is 13.6. The summed E-state index contributed by atoms with van der Waals surface area (Å²) < 4.78 is 1.99. The second-order valence-electron chi connectivity index (χ2n) is 5.55. The van der Waals surface area contributed by atoms with E-state index >= 15 is 0 Å². The minimum absolute atomic E-state index is 0.434. The topological polar surface area (TPSA) is 33.1 Å². The van der Waals surface area contributed by atoms with Crippen LogP contribution in [0.5, 0.6) is 0 Å². The van der Waals surface area contributed by atoms with Crippen LogP contribution in [0.3, 0.4) is 0 Å². The summed E-state index contributed by atoms with van der Waals surface area (Å²) >= 11 is 0.